The Balaban J connectivity index is 3.81. The Hall–Kier alpha value is -1.10. The molecule has 2 N–H and O–H groups in total. The van der Waals surface area contributed by atoms with Gasteiger partial charge in [-0.25, -0.2) is 4.79 Å². The Morgan fingerprint density at radius 2 is 1.93 bits per heavy atom. The average Bonchev–Trinajstić information content (AvgIpc) is 2.03. The van der Waals surface area contributed by atoms with Crippen molar-refractivity contribution < 1.29 is 9.59 Å². The standard InChI is InChI=1S/C9H19N3O2/c1-5-10-9(14)11-8(13)6-12(4)7(2)3/h7H,5-6H2,1-4H3,(H2,10,11,13,14). The molecule has 82 valence electrons. The Morgan fingerprint density at radius 3 is 2.36 bits per heavy atom. The lowest BCUT2D eigenvalue weighted by Gasteiger charge is -2.19. The summed E-state index contributed by atoms with van der Waals surface area (Å²) in [4.78, 5) is 24.0. The molecular formula is C9H19N3O2. The third-order valence-corrected chi connectivity index (χ3v) is 1.86. The minimum atomic E-state index is -0.436. The lowest BCUT2D eigenvalue weighted by molar-refractivity contribution is -0.121. The second kappa shape index (κ2) is 6.37. The first-order valence-electron chi connectivity index (χ1n) is 4.75. The van der Waals surface area contributed by atoms with Crippen LogP contribution < -0.4 is 10.6 Å². The number of carbonyl (C=O) groups is 2. The highest BCUT2D eigenvalue weighted by Crippen LogP contribution is 1.91. The first kappa shape index (κ1) is 12.9. The van der Waals surface area contributed by atoms with Gasteiger partial charge in [-0.3, -0.25) is 15.0 Å². The van der Waals surface area contributed by atoms with Crippen molar-refractivity contribution in [3.05, 3.63) is 0 Å². The van der Waals surface area contributed by atoms with Gasteiger partial charge in [0.05, 0.1) is 6.54 Å². The van der Waals surface area contributed by atoms with Crippen molar-refractivity contribution in [3.8, 4) is 0 Å². The van der Waals surface area contributed by atoms with Gasteiger partial charge in [0.2, 0.25) is 5.91 Å². The Kier molecular flexibility index (Phi) is 5.87. The molecule has 0 aliphatic rings. The third-order valence-electron chi connectivity index (χ3n) is 1.86. The molecule has 5 nitrogen and oxygen atoms in total. The van der Waals surface area contributed by atoms with E-state index >= 15 is 0 Å². The average molecular weight is 201 g/mol. The molecule has 5 heteroatoms. The van der Waals surface area contributed by atoms with E-state index in [-0.39, 0.29) is 18.5 Å². The van der Waals surface area contributed by atoms with Crippen molar-refractivity contribution in [2.45, 2.75) is 26.8 Å². The highest BCUT2D eigenvalue weighted by atomic mass is 16.2. The van der Waals surface area contributed by atoms with E-state index in [9.17, 15) is 9.59 Å². The number of likely N-dealkylation sites (N-methyl/N-ethyl adjacent to an activating group) is 1. The van der Waals surface area contributed by atoms with Crippen molar-refractivity contribution in [1.29, 1.82) is 0 Å². The summed E-state index contributed by atoms with van der Waals surface area (Å²) in [6.45, 7) is 6.51. The highest BCUT2D eigenvalue weighted by molar-refractivity contribution is 5.95. The zero-order valence-electron chi connectivity index (χ0n) is 9.26. The maximum Gasteiger partial charge on any atom is 0.321 e. The van der Waals surface area contributed by atoms with E-state index in [0.29, 0.717) is 6.54 Å². The molecule has 0 aromatic rings. The van der Waals surface area contributed by atoms with Crippen LogP contribution in [-0.4, -0.2) is 43.0 Å². The summed E-state index contributed by atoms with van der Waals surface area (Å²) in [7, 11) is 1.84. The molecule has 0 atom stereocenters. The number of nitrogens with zero attached hydrogens (tertiary/aromatic N) is 1. The summed E-state index contributed by atoms with van der Waals surface area (Å²) in [5, 5.41) is 4.73. The molecule has 0 aromatic heterocycles. The van der Waals surface area contributed by atoms with Gasteiger partial charge in [-0.15, -0.1) is 0 Å². The summed E-state index contributed by atoms with van der Waals surface area (Å²) in [5.41, 5.74) is 0. The molecule has 0 radical (unpaired) electrons. The first-order valence-corrected chi connectivity index (χ1v) is 4.75. The van der Waals surface area contributed by atoms with Gasteiger partial charge >= 0.3 is 6.03 Å². The largest absolute Gasteiger partial charge is 0.338 e. The van der Waals surface area contributed by atoms with Crippen LogP contribution in [0.1, 0.15) is 20.8 Å². The summed E-state index contributed by atoms with van der Waals surface area (Å²) in [5.74, 6) is -0.285. The number of nitrogens with one attached hydrogen (secondary N) is 2. The van der Waals surface area contributed by atoms with E-state index in [0.717, 1.165) is 0 Å². The van der Waals surface area contributed by atoms with Gasteiger partial charge < -0.3 is 5.32 Å². The molecule has 0 aromatic carbocycles. The molecule has 0 spiro atoms. The van der Waals surface area contributed by atoms with Crippen molar-refractivity contribution in [2.75, 3.05) is 20.1 Å². The van der Waals surface area contributed by atoms with Crippen molar-refractivity contribution in [1.82, 2.24) is 15.5 Å². The normalized spacial score (nSPS) is 10.4. The number of imide groups is 1. The molecule has 0 aliphatic heterocycles. The first-order chi connectivity index (χ1) is 6.47. The Labute approximate surface area is 84.8 Å². The van der Waals surface area contributed by atoms with Crippen LogP contribution in [0, 0.1) is 0 Å². The van der Waals surface area contributed by atoms with Gasteiger partial charge in [0.1, 0.15) is 0 Å². The van der Waals surface area contributed by atoms with E-state index in [1.807, 2.05) is 25.8 Å². The fourth-order valence-electron chi connectivity index (χ4n) is 0.780. The molecule has 0 rings (SSSR count). The molecule has 0 aliphatic carbocycles. The van der Waals surface area contributed by atoms with Crippen LogP contribution in [0.3, 0.4) is 0 Å². The zero-order chi connectivity index (χ0) is 11.1. The van der Waals surface area contributed by atoms with Crippen molar-refractivity contribution in [3.63, 3.8) is 0 Å². The molecule has 0 saturated carbocycles. The molecule has 0 unspecified atom stereocenters. The van der Waals surface area contributed by atoms with Gasteiger partial charge in [0.15, 0.2) is 0 Å². The maximum absolute atomic E-state index is 11.2. The fourth-order valence-corrected chi connectivity index (χ4v) is 0.780. The summed E-state index contributed by atoms with van der Waals surface area (Å²) < 4.78 is 0. The number of carbonyl (C=O) groups excluding carboxylic acids is 2. The van der Waals surface area contributed by atoms with E-state index in [1.54, 1.807) is 6.92 Å². The molecule has 0 bridgehead atoms. The minimum absolute atomic E-state index is 0.231. The number of urea groups is 1. The van der Waals surface area contributed by atoms with Crippen LogP contribution in [0.5, 0.6) is 0 Å². The van der Waals surface area contributed by atoms with E-state index in [2.05, 4.69) is 10.6 Å². The van der Waals surface area contributed by atoms with Crippen LogP contribution >= 0.6 is 0 Å². The maximum atomic E-state index is 11.2. The van der Waals surface area contributed by atoms with E-state index in [4.69, 9.17) is 0 Å². The number of hydrogen-bond acceptors (Lipinski definition) is 3. The lowest BCUT2D eigenvalue weighted by atomic mass is 10.3. The van der Waals surface area contributed by atoms with Crippen molar-refractivity contribution in [2.24, 2.45) is 0 Å². The molecule has 14 heavy (non-hydrogen) atoms. The molecule has 0 heterocycles. The smallest absolute Gasteiger partial charge is 0.321 e. The highest BCUT2D eigenvalue weighted by Gasteiger charge is 2.11. The summed E-state index contributed by atoms with van der Waals surface area (Å²) in [6.07, 6.45) is 0. The number of hydrogen-bond donors (Lipinski definition) is 2. The second-order valence-electron chi connectivity index (χ2n) is 3.42. The van der Waals surface area contributed by atoms with Gasteiger partial charge in [-0.05, 0) is 27.8 Å². The molecule has 0 saturated heterocycles. The zero-order valence-corrected chi connectivity index (χ0v) is 9.26. The van der Waals surface area contributed by atoms with Crippen LogP contribution in [0.15, 0.2) is 0 Å². The second-order valence-corrected chi connectivity index (χ2v) is 3.42. The Morgan fingerprint density at radius 1 is 1.36 bits per heavy atom. The molecule has 3 amide bonds. The topological polar surface area (TPSA) is 61.4 Å². The summed E-state index contributed by atoms with van der Waals surface area (Å²) >= 11 is 0. The predicted octanol–water partition coefficient (Wildman–Crippen LogP) is 0.172. The van der Waals surface area contributed by atoms with Gasteiger partial charge in [-0.1, -0.05) is 0 Å². The monoisotopic (exact) mass is 201 g/mol. The third kappa shape index (κ3) is 5.53. The van der Waals surface area contributed by atoms with E-state index < -0.39 is 6.03 Å². The van der Waals surface area contributed by atoms with Crippen molar-refractivity contribution >= 4 is 11.9 Å². The number of amides is 3. The molecule has 0 fully saturated rings. The van der Waals surface area contributed by atoms with Gasteiger partial charge in [0.25, 0.3) is 0 Å². The summed E-state index contributed by atoms with van der Waals surface area (Å²) in [6, 6.07) is -0.148. The molecular weight excluding hydrogens is 182 g/mol. The van der Waals surface area contributed by atoms with Gasteiger partial charge in [-0.2, -0.15) is 0 Å². The predicted molar refractivity (Wildman–Crippen MR) is 55.0 cm³/mol. The van der Waals surface area contributed by atoms with E-state index in [1.165, 1.54) is 0 Å². The quantitative estimate of drug-likeness (QED) is 0.681. The van der Waals surface area contributed by atoms with Crippen LogP contribution in [0.4, 0.5) is 4.79 Å². The van der Waals surface area contributed by atoms with Gasteiger partial charge in [0, 0.05) is 12.6 Å². The fraction of sp³-hybridized carbons (Fsp3) is 0.778. The number of rotatable bonds is 4. The lowest BCUT2D eigenvalue weighted by Crippen LogP contribution is -2.44. The van der Waals surface area contributed by atoms with Crippen LogP contribution in [-0.2, 0) is 4.79 Å². The minimum Gasteiger partial charge on any atom is -0.338 e. The van der Waals surface area contributed by atoms with Crippen LogP contribution in [0.25, 0.3) is 0 Å². The SMILES string of the molecule is CCNC(=O)NC(=O)CN(C)C(C)C. The van der Waals surface area contributed by atoms with Crippen LogP contribution in [0.2, 0.25) is 0 Å². The Bertz CT molecular complexity index is 204.